The quantitative estimate of drug-likeness (QED) is 0.498. The van der Waals surface area contributed by atoms with Crippen molar-refractivity contribution in [3.8, 4) is 0 Å². The molecular formula is C21H26FN5. The Morgan fingerprint density at radius 1 is 1.15 bits per heavy atom. The molecule has 2 N–H and O–H groups in total. The van der Waals surface area contributed by atoms with Crippen LogP contribution in [0.25, 0.3) is 5.65 Å². The summed E-state index contributed by atoms with van der Waals surface area (Å²) in [5.74, 6) is 0.581. The third-order valence-electron chi connectivity index (χ3n) is 4.35. The molecular weight excluding hydrogens is 341 g/mol. The molecule has 2 aromatic heterocycles. The molecule has 0 aliphatic rings. The highest BCUT2D eigenvalue weighted by Gasteiger charge is 2.04. The highest BCUT2D eigenvalue weighted by Crippen LogP contribution is 2.10. The van der Waals surface area contributed by atoms with Crippen molar-refractivity contribution in [2.24, 2.45) is 4.99 Å². The van der Waals surface area contributed by atoms with Crippen molar-refractivity contribution in [2.45, 2.75) is 26.7 Å². The number of rotatable bonds is 7. The lowest BCUT2D eigenvalue weighted by Gasteiger charge is -2.11. The van der Waals surface area contributed by atoms with Gasteiger partial charge in [-0.2, -0.15) is 0 Å². The van der Waals surface area contributed by atoms with E-state index in [2.05, 4.69) is 39.8 Å². The van der Waals surface area contributed by atoms with Gasteiger partial charge in [0.15, 0.2) is 5.96 Å². The van der Waals surface area contributed by atoms with Crippen LogP contribution in [0.15, 0.2) is 53.8 Å². The van der Waals surface area contributed by atoms with Crippen LogP contribution in [0.2, 0.25) is 0 Å². The standard InChI is InChI=1S/C21H26FN5/c1-3-23-21(24-12-10-17-8-4-5-9-19(17)22)25-13-11-18-15-27-14-6-7-16(2)20(27)26-18/h4-9,14-15H,3,10-13H2,1-2H3,(H2,23,24,25). The number of imidazole rings is 1. The first-order valence-corrected chi connectivity index (χ1v) is 9.36. The zero-order valence-electron chi connectivity index (χ0n) is 15.9. The van der Waals surface area contributed by atoms with Crippen molar-refractivity contribution in [3.63, 3.8) is 0 Å². The molecule has 5 nitrogen and oxygen atoms in total. The SMILES string of the molecule is CCNC(=NCCc1cn2cccc(C)c2n1)NCCc1ccccc1F. The molecule has 3 rings (SSSR count). The van der Waals surface area contributed by atoms with Crippen LogP contribution < -0.4 is 10.6 Å². The van der Waals surface area contributed by atoms with Crippen LogP contribution >= 0.6 is 0 Å². The van der Waals surface area contributed by atoms with Gasteiger partial charge in [0.25, 0.3) is 0 Å². The largest absolute Gasteiger partial charge is 0.357 e. The van der Waals surface area contributed by atoms with E-state index in [0.717, 1.165) is 35.8 Å². The molecule has 0 spiro atoms. The maximum Gasteiger partial charge on any atom is 0.191 e. The number of halogens is 1. The van der Waals surface area contributed by atoms with Gasteiger partial charge in [-0.3, -0.25) is 4.99 Å². The Bertz CT molecular complexity index is 916. The summed E-state index contributed by atoms with van der Waals surface area (Å²) in [6.45, 7) is 6.13. The van der Waals surface area contributed by atoms with E-state index in [9.17, 15) is 4.39 Å². The zero-order valence-corrected chi connectivity index (χ0v) is 15.9. The van der Waals surface area contributed by atoms with Crippen molar-refractivity contribution < 1.29 is 4.39 Å². The number of fused-ring (bicyclic) bond motifs is 1. The minimum Gasteiger partial charge on any atom is -0.357 e. The molecule has 0 aliphatic heterocycles. The Morgan fingerprint density at radius 3 is 2.78 bits per heavy atom. The van der Waals surface area contributed by atoms with Gasteiger partial charge >= 0.3 is 0 Å². The number of benzene rings is 1. The van der Waals surface area contributed by atoms with Crippen LogP contribution in [0.4, 0.5) is 4.39 Å². The second-order valence-corrected chi connectivity index (χ2v) is 6.43. The molecule has 0 saturated heterocycles. The van der Waals surface area contributed by atoms with Gasteiger partial charge in [-0.05, 0) is 43.5 Å². The molecule has 0 atom stereocenters. The van der Waals surface area contributed by atoms with E-state index in [-0.39, 0.29) is 5.82 Å². The number of nitrogens with one attached hydrogen (secondary N) is 2. The van der Waals surface area contributed by atoms with Gasteiger partial charge in [0.1, 0.15) is 11.5 Å². The summed E-state index contributed by atoms with van der Waals surface area (Å²) in [7, 11) is 0. The lowest BCUT2D eigenvalue weighted by atomic mass is 10.1. The summed E-state index contributed by atoms with van der Waals surface area (Å²) in [6, 6.07) is 11.0. The Morgan fingerprint density at radius 2 is 2.00 bits per heavy atom. The van der Waals surface area contributed by atoms with Crippen molar-refractivity contribution in [3.05, 3.63) is 71.4 Å². The summed E-state index contributed by atoms with van der Waals surface area (Å²) < 4.78 is 15.7. The molecule has 0 bridgehead atoms. The van der Waals surface area contributed by atoms with Gasteiger partial charge in [-0.25, -0.2) is 9.37 Å². The minimum absolute atomic E-state index is 0.164. The monoisotopic (exact) mass is 367 g/mol. The third kappa shape index (κ3) is 5.06. The van der Waals surface area contributed by atoms with E-state index in [1.807, 2.05) is 35.7 Å². The van der Waals surface area contributed by atoms with Gasteiger partial charge in [0, 0.05) is 38.4 Å². The summed E-state index contributed by atoms with van der Waals surface area (Å²) in [4.78, 5) is 9.28. The predicted molar refractivity (Wildman–Crippen MR) is 108 cm³/mol. The summed E-state index contributed by atoms with van der Waals surface area (Å²) in [5, 5.41) is 6.49. The topological polar surface area (TPSA) is 53.7 Å². The molecule has 0 radical (unpaired) electrons. The van der Waals surface area contributed by atoms with Crippen LogP contribution in [-0.2, 0) is 12.8 Å². The predicted octanol–water partition coefficient (Wildman–Crippen LogP) is 3.12. The Labute approximate surface area is 159 Å². The van der Waals surface area contributed by atoms with Gasteiger partial charge in [-0.1, -0.05) is 24.3 Å². The molecule has 0 fully saturated rings. The van der Waals surface area contributed by atoms with Crippen molar-refractivity contribution in [2.75, 3.05) is 19.6 Å². The van der Waals surface area contributed by atoms with E-state index >= 15 is 0 Å². The van der Waals surface area contributed by atoms with Crippen LogP contribution in [0.5, 0.6) is 0 Å². The number of aromatic nitrogens is 2. The number of guanidine groups is 1. The second kappa shape index (κ2) is 9.16. The summed E-state index contributed by atoms with van der Waals surface area (Å²) >= 11 is 0. The first kappa shape index (κ1) is 18.9. The highest BCUT2D eigenvalue weighted by molar-refractivity contribution is 5.79. The molecule has 3 aromatic rings. The molecule has 0 amide bonds. The average molecular weight is 367 g/mol. The van der Waals surface area contributed by atoms with E-state index in [4.69, 9.17) is 0 Å². The number of hydrogen-bond acceptors (Lipinski definition) is 2. The van der Waals surface area contributed by atoms with Crippen LogP contribution in [0.1, 0.15) is 23.7 Å². The van der Waals surface area contributed by atoms with Gasteiger partial charge in [0.05, 0.1) is 5.69 Å². The molecule has 0 aliphatic carbocycles. The summed E-state index contributed by atoms with van der Waals surface area (Å²) in [6.07, 6.45) is 5.45. The Balaban J connectivity index is 1.55. The first-order valence-electron chi connectivity index (χ1n) is 9.36. The average Bonchev–Trinajstić information content (AvgIpc) is 3.08. The fourth-order valence-corrected chi connectivity index (χ4v) is 2.97. The minimum atomic E-state index is -0.164. The molecule has 27 heavy (non-hydrogen) atoms. The van der Waals surface area contributed by atoms with E-state index in [1.54, 1.807) is 6.07 Å². The van der Waals surface area contributed by atoms with Gasteiger partial charge < -0.3 is 15.0 Å². The molecule has 0 saturated carbocycles. The Kier molecular flexibility index (Phi) is 6.41. The van der Waals surface area contributed by atoms with Crippen molar-refractivity contribution in [1.29, 1.82) is 0 Å². The van der Waals surface area contributed by atoms with Crippen LogP contribution in [0.3, 0.4) is 0 Å². The lowest BCUT2D eigenvalue weighted by Crippen LogP contribution is -2.38. The molecule has 2 heterocycles. The van der Waals surface area contributed by atoms with Gasteiger partial charge in [-0.15, -0.1) is 0 Å². The highest BCUT2D eigenvalue weighted by atomic mass is 19.1. The number of pyridine rings is 1. The van der Waals surface area contributed by atoms with Crippen LogP contribution in [0, 0.1) is 12.7 Å². The lowest BCUT2D eigenvalue weighted by molar-refractivity contribution is 0.606. The fourth-order valence-electron chi connectivity index (χ4n) is 2.97. The number of hydrogen-bond donors (Lipinski definition) is 2. The second-order valence-electron chi connectivity index (χ2n) is 6.43. The number of aryl methyl sites for hydroxylation is 1. The van der Waals surface area contributed by atoms with Gasteiger partial charge in [0.2, 0.25) is 0 Å². The molecule has 142 valence electrons. The van der Waals surface area contributed by atoms with E-state index in [0.29, 0.717) is 25.1 Å². The smallest absolute Gasteiger partial charge is 0.191 e. The molecule has 1 aromatic carbocycles. The summed E-state index contributed by atoms with van der Waals surface area (Å²) in [5.41, 5.74) is 3.89. The number of aliphatic imine (C=N–C) groups is 1. The maximum atomic E-state index is 13.7. The van der Waals surface area contributed by atoms with E-state index < -0.39 is 0 Å². The molecule has 6 heteroatoms. The first-order chi connectivity index (χ1) is 13.2. The fraction of sp³-hybridized carbons (Fsp3) is 0.333. The maximum absolute atomic E-state index is 13.7. The van der Waals surface area contributed by atoms with Crippen LogP contribution in [-0.4, -0.2) is 35.0 Å². The van der Waals surface area contributed by atoms with Crippen molar-refractivity contribution in [1.82, 2.24) is 20.0 Å². The third-order valence-corrected chi connectivity index (χ3v) is 4.35. The van der Waals surface area contributed by atoms with E-state index in [1.165, 1.54) is 6.07 Å². The Hall–Kier alpha value is -2.89. The molecule has 0 unspecified atom stereocenters. The number of nitrogens with zero attached hydrogens (tertiary/aromatic N) is 3. The van der Waals surface area contributed by atoms with Crippen molar-refractivity contribution >= 4 is 11.6 Å². The zero-order chi connectivity index (χ0) is 19.1. The normalized spacial score (nSPS) is 11.7.